The summed E-state index contributed by atoms with van der Waals surface area (Å²) < 4.78 is 4.75. The lowest BCUT2D eigenvalue weighted by atomic mass is 9.95. The van der Waals surface area contributed by atoms with Crippen LogP contribution >= 0.6 is 0 Å². The molecule has 0 atom stereocenters. The van der Waals surface area contributed by atoms with Gasteiger partial charge < -0.3 is 20.6 Å². The molecule has 1 aliphatic carbocycles. The number of fused-ring (bicyclic) bond motifs is 2. The smallest absolute Gasteiger partial charge is 0.323 e. The van der Waals surface area contributed by atoms with Gasteiger partial charge in [0.15, 0.2) is 11.6 Å². The van der Waals surface area contributed by atoms with E-state index in [-0.39, 0.29) is 5.69 Å². The largest absolute Gasteiger partial charge is 0.364 e. The number of aromatic nitrogens is 6. The van der Waals surface area contributed by atoms with Crippen LogP contribution in [0.25, 0.3) is 22.3 Å². The van der Waals surface area contributed by atoms with Crippen molar-refractivity contribution < 1.29 is 4.63 Å². The number of hydrogen-bond donors (Lipinski definition) is 4. The molecule has 0 radical (unpaired) electrons. The second-order valence-electron chi connectivity index (χ2n) is 6.78. The van der Waals surface area contributed by atoms with E-state index in [1.165, 1.54) is 19.3 Å². The fourth-order valence-electron chi connectivity index (χ4n) is 3.51. The maximum atomic E-state index is 11.5. The number of anilines is 3. The van der Waals surface area contributed by atoms with E-state index in [4.69, 9.17) is 4.63 Å². The van der Waals surface area contributed by atoms with Crippen molar-refractivity contribution in [2.45, 2.75) is 38.1 Å². The van der Waals surface area contributed by atoms with Gasteiger partial charge in [-0.25, -0.2) is 19.4 Å². The summed E-state index contributed by atoms with van der Waals surface area (Å²) in [6.45, 7) is 0. The van der Waals surface area contributed by atoms with E-state index in [0.717, 1.165) is 24.0 Å². The number of imidazole rings is 1. The first kappa shape index (κ1) is 15.8. The molecule has 5 rings (SSSR count). The molecule has 4 N–H and O–H groups in total. The first-order valence-electron chi connectivity index (χ1n) is 9.00. The molecule has 1 aromatic carbocycles. The number of benzene rings is 1. The van der Waals surface area contributed by atoms with Gasteiger partial charge in [0.1, 0.15) is 0 Å². The van der Waals surface area contributed by atoms with Crippen LogP contribution in [0.3, 0.4) is 0 Å². The summed E-state index contributed by atoms with van der Waals surface area (Å²) in [6, 6.07) is 5.89. The molecule has 1 aliphatic rings. The van der Waals surface area contributed by atoms with Crippen molar-refractivity contribution in [3.05, 3.63) is 28.7 Å². The minimum atomic E-state index is -0.239. The molecular formula is C17H18N8O2. The number of H-pyrrole nitrogens is 2. The van der Waals surface area contributed by atoms with Crippen LogP contribution in [0.5, 0.6) is 0 Å². The third-order valence-corrected chi connectivity index (χ3v) is 4.84. The molecule has 0 spiro atoms. The van der Waals surface area contributed by atoms with Gasteiger partial charge in [-0.15, -0.1) is 0 Å². The van der Waals surface area contributed by atoms with Crippen molar-refractivity contribution in [1.82, 2.24) is 30.2 Å². The molecule has 138 valence electrons. The number of nitrogens with zero attached hydrogens (tertiary/aromatic N) is 4. The van der Waals surface area contributed by atoms with E-state index in [2.05, 4.69) is 40.9 Å². The Hall–Kier alpha value is -3.43. The average Bonchev–Trinajstić information content (AvgIpc) is 3.27. The zero-order valence-electron chi connectivity index (χ0n) is 14.5. The van der Waals surface area contributed by atoms with Gasteiger partial charge >= 0.3 is 5.69 Å². The van der Waals surface area contributed by atoms with Crippen molar-refractivity contribution in [3.8, 4) is 0 Å². The summed E-state index contributed by atoms with van der Waals surface area (Å²) in [5.74, 6) is 1.16. The molecule has 1 fully saturated rings. The van der Waals surface area contributed by atoms with Gasteiger partial charge in [0.25, 0.3) is 0 Å². The van der Waals surface area contributed by atoms with Gasteiger partial charge in [-0.2, -0.15) is 0 Å². The Morgan fingerprint density at radius 1 is 0.963 bits per heavy atom. The van der Waals surface area contributed by atoms with E-state index in [0.29, 0.717) is 34.5 Å². The Labute approximate surface area is 152 Å². The van der Waals surface area contributed by atoms with Crippen LogP contribution < -0.4 is 16.3 Å². The van der Waals surface area contributed by atoms with Gasteiger partial charge in [-0.1, -0.05) is 19.3 Å². The Kier molecular flexibility index (Phi) is 3.73. The highest BCUT2D eigenvalue weighted by Gasteiger charge is 2.18. The lowest BCUT2D eigenvalue weighted by Crippen LogP contribution is -2.23. The second kappa shape index (κ2) is 6.38. The van der Waals surface area contributed by atoms with E-state index < -0.39 is 0 Å². The fourth-order valence-corrected chi connectivity index (χ4v) is 3.51. The predicted octanol–water partition coefficient (Wildman–Crippen LogP) is 2.67. The molecule has 10 heteroatoms. The van der Waals surface area contributed by atoms with Crippen molar-refractivity contribution >= 4 is 39.7 Å². The van der Waals surface area contributed by atoms with Crippen LogP contribution in [0.2, 0.25) is 0 Å². The topological polar surface area (TPSA) is 137 Å². The van der Waals surface area contributed by atoms with Crippen LogP contribution in [0.1, 0.15) is 32.1 Å². The zero-order valence-corrected chi connectivity index (χ0v) is 14.5. The number of rotatable bonds is 4. The molecule has 0 unspecified atom stereocenters. The highest BCUT2D eigenvalue weighted by atomic mass is 16.6. The molecule has 4 aromatic rings. The van der Waals surface area contributed by atoms with E-state index in [1.54, 1.807) is 0 Å². The summed E-state index contributed by atoms with van der Waals surface area (Å²) in [5, 5.41) is 14.3. The molecule has 0 amide bonds. The van der Waals surface area contributed by atoms with E-state index >= 15 is 0 Å². The Morgan fingerprint density at radius 3 is 2.52 bits per heavy atom. The quantitative estimate of drug-likeness (QED) is 0.432. The highest BCUT2D eigenvalue weighted by molar-refractivity contribution is 5.82. The SMILES string of the molecule is O=c1[nH]c2ccc(Nc3nc4nonc4nc3NC3CCCCC3)cc2[nH]1. The monoisotopic (exact) mass is 366 g/mol. The van der Waals surface area contributed by atoms with Gasteiger partial charge in [-0.05, 0) is 41.4 Å². The van der Waals surface area contributed by atoms with Gasteiger partial charge in [-0.3, -0.25) is 0 Å². The third-order valence-electron chi connectivity index (χ3n) is 4.84. The minimum absolute atomic E-state index is 0.239. The molecular weight excluding hydrogens is 348 g/mol. The summed E-state index contributed by atoms with van der Waals surface area (Å²) in [4.78, 5) is 26.0. The van der Waals surface area contributed by atoms with Gasteiger partial charge in [0.05, 0.1) is 11.0 Å². The summed E-state index contributed by atoms with van der Waals surface area (Å²) in [6.07, 6.45) is 5.90. The van der Waals surface area contributed by atoms with Crippen LogP contribution in [0.15, 0.2) is 27.6 Å². The molecule has 1 saturated carbocycles. The normalized spacial score (nSPS) is 15.4. The fraction of sp³-hybridized carbons (Fsp3) is 0.353. The average molecular weight is 366 g/mol. The molecule has 3 heterocycles. The van der Waals surface area contributed by atoms with Crippen LogP contribution in [0, 0.1) is 0 Å². The summed E-state index contributed by atoms with van der Waals surface area (Å²) in [7, 11) is 0. The molecule has 0 saturated heterocycles. The second-order valence-corrected chi connectivity index (χ2v) is 6.78. The van der Waals surface area contributed by atoms with E-state index in [1.807, 2.05) is 18.2 Å². The minimum Gasteiger partial charge on any atom is -0.364 e. The van der Waals surface area contributed by atoms with Crippen molar-refractivity contribution in [2.24, 2.45) is 0 Å². The summed E-state index contributed by atoms with van der Waals surface area (Å²) in [5.41, 5.74) is 2.69. The maximum Gasteiger partial charge on any atom is 0.323 e. The number of aromatic amines is 2. The molecule has 3 aromatic heterocycles. The lowest BCUT2D eigenvalue weighted by Gasteiger charge is -2.24. The van der Waals surface area contributed by atoms with Crippen LogP contribution in [-0.2, 0) is 0 Å². The zero-order chi connectivity index (χ0) is 18.2. The lowest BCUT2D eigenvalue weighted by molar-refractivity contribution is 0.314. The number of hydrogen-bond acceptors (Lipinski definition) is 8. The highest BCUT2D eigenvalue weighted by Crippen LogP contribution is 2.28. The van der Waals surface area contributed by atoms with Crippen molar-refractivity contribution in [3.63, 3.8) is 0 Å². The summed E-state index contributed by atoms with van der Waals surface area (Å²) >= 11 is 0. The predicted molar refractivity (Wildman–Crippen MR) is 100 cm³/mol. The Morgan fingerprint density at radius 2 is 1.70 bits per heavy atom. The molecule has 27 heavy (non-hydrogen) atoms. The van der Waals surface area contributed by atoms with Gasteiger partial charge in [0, 0.05) is 11.7 Å². The maximum absolute atomic E-state index is 11.5. The van der Waals surface area contributed by atoms with Gasteiger partial charge in [0.2, 0.25) is 11.3 Å². The Bertz CT molecular complexity index is 1150. The molecule has 10 nitrogen and oxygen atoms in total. The standard InChI is InChI=1S/C17H18N8O2/c26-17-20-11-7-6-10(8-12(11)21-17)19-14-13(18-9-4-2-1-3-5-9)22-15-16(23-14)25-27-24-15/h6-9H,1-5H2,(H,18,22,24)(H,19,23,25)(H2,20,21,26). The van der Waals surface area contributed by atoms with E-state index in [9.17, 15) is 4.79 Å². The van der Waals surface area contributed by atoms with Crippen LogP contribution in [-0.4, -0.2) is 36.3 Å². The van der Waals surface area contributed by atoms with Crippen molar-refractivity contribution in [2.75, 3.05) is 10.6 Å². The van der Waals surface area contributed by atoms with Crippen molar-refractivity contribution in [1.29, 1.82) is 0 Å². The van der Waals surface area contributed by atoms with Crippen LogP contribution in [0.4, 0.5) is 17.3 Å². The third kappa shape index (κ3) is 3.09. The first-order chi connectivity index (χ1) is 13.2. The molecule has 0 aliphatic heterocycles. The first-order valence-corrected chi connectivity index (χ1v) is 9.00. The number of nitrogens with one attached hydrogen (secondary N) is 4. The Balaban J connectivity index is 1.50. The molecule has 0 bridgehead atoms.